The Balaban J connectivity index is 2.83. The molecule has 1 rings (SSSR count). The second-order valence-electron chi connectivity index (χ2n) is 6.36. The lowest BCUT2D eigenvalue weighted by Gasteiger charge is -2.42. The minimum absolute atomic E-state index is 0.00711. The lowest BCUT2D eigenvalue weighted by atomic mass is 9.93. The van der Waals surface area contributed by atoms with Gasteiger partial charge >= 0.3 is 0 Å². The van der Waals surface area contributed by atoms with Crippen LogP contribution in [0.1, 0.15) is 69.8 Å². The van der Waals surface area contributed by atoms with Crippen molar-refractivity contribution in [1.29, 1.82) is 0 Å². The highest BCUT2D eigenvalue weighted by Gasteiger charge is 2.33. The van der Waals surface area contributed by atoms with Gasteiger partial charge in [0.25, 0.3) is 5.91 Å². The molecule has 0 aliphatic heterocycles. The maximum atomic E-state index is 12.5. The molecule has 0 spiro atoms. The summed E-state index contributed by atoms with van der Waals surface area (Å²) < 4.78 is 5.22. The number of likely N-dealkylation sites (N-methyl/N-ethyl adjacent to an activating group) is 1. The Bertz CT molecular complexity index is 494. The van der Waals surface area contributed by atoms with Gasteiger partial charge in [-0.25, -0.2) is 0 Å². The number of carbonyl (C=O) groups excluding carboxylic acids is 1. The van der Waals surface area contributed by atoms with Gasteiger partial charge in [-0.15, -0.1) is 0 Å². The summed E-state index contributed by atoms with van der Waals surface area (Å²) >= 11 is 0. The molecule has 1 atom stereocenters. The van der Waals surface area contributed by atoms with E-state index in [1.54, 1.807) is 0 Å². The van der Waals surface area contributed by atoms with Crippen LogP contribution >= 0.6 is 0 Å². The fraction of sp³-hybridized carbons (Fsp3) is 0.765. The highest BCUT2D eigenvalue weighted by molar-refractivity contribution is 5.93. The molecule has 1 aromatic heterocycles. The smallest absolute Gasteiger partial charge is 0.274 e. The van der Waals surface area contributed by atoms with E-state index in [1.807, 2.05) is 20.8 Å². The second kappa shape index (κ2) is 7.77. The predicted molar refractivity (Wildman–Crippen MR) is 89.2 cm³/mol. The van der Waals surface area contributed by atoms with Crippen LogP contribution in [-0.2, 0) is 6.42 Å². The summed E-state index contributed by atoms with van der Waals surface area (Å²) in [6.07, 6.45) is 1.84. The van der Waals surface area contributed by atoms with Crippen LogP contribution in [0.25, 0.3) is 0 Å². The summed E-state index contributed by atoms with van der Waals surface area (Å²) in [5.74, 6) is 0.618. The van der Waals surface area contributed by atoms with E-state index >= 15 is 0 Å². The largest absolute Gasteiger partial charge is 0.360 e. The van der Waals surface area contributed by atoms with Crippen LogP contribution in [0.2, 0.25) is 0 Å². The number of aromatic nitrogens is 1. The molecule has 0 radical (unpaired) electrons. The zero-order valence-corrected chi connectivity index (χ0v) is 15.1. The number of amides is 1. The first-order valence-electron chi connectivity index (χ1n) is 8.30. The van der Waals surface area contributed by atoms with Crippen molar-refractivity contribution in [3.05, 3.63) is 17.0 Å². The third-order valence-corrected chi connectivity index (χ3v) is 4.65. The topological polar surface area (TPSA) is 58.4 Å². The minimum Gasteiger partial charge on any atom is -0.360 e. The molecule has 0 bridgehead atoms. The van der Waals surface area contributed by atoms with Crippen LogP contribution in [-0.4, -0.2) is 40.6 Å². The Morgan fingerprint density at radius 1 is 1.36 bits per heavy atom. The van der Waals surface area contributed by atoms with E-state index in [1.165, 1.54) is 0 Å². The van der Waals surface area contributed by atoms with Crippen LogP contribution in [0.4, 0.5) is 0 Å². The van der Waals surface area contributed by atoms with Gasteiger partial charge in [0.1, 0.15) is 5.76 Å². The number of aryl methyl sites for hydroxylation is 1. The van der Waals surface area contributed by atoms with E-state index in [-0.39, 0.29) is 17.5 Å². The second-order valence-corrected chi connectivity index (χ2v) is 6.36. The molecule has 0 aromatic carbocycles. The van der Waals surface area contributed by atoms with E-state index in [0.717, 1.165) is 37.3 Å². The Morgan fingerprint density at radius 3 is 2.45 bits per heavy atom. The van der Waals surface area contributed by atoms with Crippen LogP contribution in [0, 0.1) is 6.92 Å². The fourth-order valence-electron chi connectivity index (χ4n) is 2.75. The number of nitrogens with one attached hydrogen (secondary N) is 1. The summed E-state index contributed by atoms with van der Waals surface area (Å²) in [5.41, 5.74) is 1.12. The Kier molecular flexibility index (Phi) is 6.60. The predicted octanol–water partition coefficient (Wildman–Crippen LogP) is 3.17. The number of nitrogens with zero attached hydrogens (tertiary/aromatic N) is 2. The molecule has 0 saturated carbocycles. The van der Waals surface area contributed by atoms with Crippen molar-refractivity contribution in [2.45, 2.75) is 72.9 Å². The average molecular weight is 309 g/mol. The lowest BCUT2D eigenvalue weighted by Crippen LogP contribution is -2.57. The Hall–Kier alpha value is -1.36. The van der Waals surface area contributed by atoms with Crippen LogP contribution in [0.3, 0.4) is 0 Å². The van der Waals surface area contributed by atoms with E-state index in [2.05, 4.69) is 43.1 Å². The summed E-state index contributed by atoms with van der Waals surface area (Å²) in [6, 6.07) is 0.00711. The van der Waals surface area contributed by atoms with Crippen molar-refractivity contribution in [2.24, 2.45) is 0 Å². The van der Waals surface area contributed by atoms with Crippen LogP contribution in [0.15, 0.2) is 4.52 Å². The van der Waals surface area contributed by atoms with Crippen molar-refractivity contribution in [3.63, 3.8) is 0 Å². The molecule has 0 saturated heterocycles. The maximum Gasteiger partial charge on any atom is 0.274 e. The van der Waals surface area contributed by atoms with Gasteiger partial charge < -0.3 is 9.84 Å². The van der Waals surface area contributed by atoms with Crippen molar-refractivity contribution >= 4 is 5.91 Å². The molecule has 0 aliphatic rings. The average Bonchev–Trinajstić information content (AvgIpc) is 2.85. The molecule has 1 amide bonds. The summed E-state index contributed by atoms with van der Waals surface area (Å²) in [7, 11) is 0. The molecule has 1 N–H and O–H groups in total. The van der Waals surface area contributed by atoms with Crippen molar-refractivity contribution in [3.8, 4) is 0 Å². The molecule has 126 valence electrons. The van der Waals surface area contributed by atoms with Gasteiger partial charge in [0.05, 0.1) is 0 Å². The highest BCUT2D eigenvalue weighted by Crippen LogP contribution is 2.20. The zero-order valence-electron chi connectivity index (χ0n) is 15.1. The Morgan fingerprint density at radius 2 is 2.00 bits per heavy atom. The zero-order chi connectivity index (χ0) is 16.9. The SMILES string of the molecule is CCCN(CC)C(C)(C)C(C)NC(=O)c1noc(CC)c1C. The minimum atomic E-state index is -0.158. The molecule has 0 aliphatic carbocycles. The molecular weight excluding hydrogens is 278 g/mol. The molecule has 0 fully saturated rings. The van der Waals surface area contributed by atoms with E-state index in [4.69, 9.17) is 4.52 Å². The molecule has 1 heterocycles. The number of hydrogen-bond acceptors (Lipinski definition) is 4. The fourth-order valence-corrected chi connectivity index (χ4v) is 2.75. The lowest BCUT2D eigenvalue weighted by molar-refractivity contribution is 0.0732. The third kappa shape index (κ3) is 3.88. The molecule has 5 nitrogen and oxygen atoms in total. The standard InChI is InChI=1S/C17H31N3O2/c1-8-11-20(10-3)17(6,7)13(5)18-16(21)15-12(4)14(9-2)22-19-15/h13H,8-11H2,1-7H3,(H,18,21). The normalized spacial score (nSPS) is 13.5. The molecule has 22 heavy (non-hydrogen) atoms. The van der Waals surface area contributed by atoms with Crippen LogP contribution < -0.4 is 5.32 Å². The van der Waals surface area contributed by atoms with Crippen molar-refractivity contribution in [2.75, 3.05) is 13.1 Å². The molecular formula is C17H31N3O2. The number of hydrogen-bond donors (Lipinski definition) is 1. The van der Waals surface area contributed by atoms with Gasteiger partial charge in [0, 0.05) is 23.6 Å². The third-order valence-electron chi connectivity index (χ3n) is 4.65. The molecule has 1 aromatic rings. The first-order valence-corrected chi connectivity index (χ1v) is 8.30. The first kappa shape index (κ1) is 18.7. The summed E-state index contributed by atoms with van der Waals surface area (Å²) in [4.78, 5) is 14.9. The van der Waals surface area contributed by atoms with Gasteiger partial charge in [-0.2, -0.15) is 0 Å². The summed E-state index contributed by atoms with van der Waals surface area (Å²) in [6.45, 7) is 16.6. The highest BCUT2D eigenvalue weighted by atomic mass is 16.5. The first-order chi connectivity index (χ1) is 10.3. The quantitative estimate of drug-likeness (QED) is 0.801. The van der Waals surface area contributed by atoms with Gasteiger partial charge in [-0.1, -0.05) is 25.9 Å². The van der Waals surface area contributed by atoms with Crippen LogP contribution in [0.5, 0.6) is 0 Å². The Labute approximate surface area is 134 Å². The number of carbonyl (C=O) groups is 1. The number of rotatable bonds is 8. The van der Waals surface area contributed by atoms with Gasteiger partial charge in [0.15, 0.2) is 5.69 Å². The molecule has 1 unspecified atom stereocenters. The monoisotopic (exact) mass is 309 g/mol. The van der Waals surface area contributed by atoms with Gasteiger partial charge in [-0.3, -0.25) is 9.69 Å². The van der Waals surface area contributed by atoms with E-state index in [9.17, 15) is 4.79 Å². The van der Waals surface area contributed by atoms with Crippen molar-refractivity contribution in [1.82, 2.24) is 15.4 Å². The van der Waals surface area contributed by atoms with E-state index < -0.39 is 0 Å². The van der Waals surface area contributed by atoms with E-state index in [0.29, 0.717) is 5.69 Å². The molecule has 5 heteroatoms. The summed E-state index contributed by atoms with van der Waals surface area (Å²) in [5, 5.41) is 7.01. The van der Waals surface area contributed by atoms with Gasteiger partial charge in [-0.05, 0) is 47.2 Å². The van der Waals surface area contributed by atoms with Gasteiger partial charge in [0.2, 0.25) is 0 Å². The van der Waals surface area contributed by atoms with Crippen molar-refractivity contribution < 1.29 is 9.32 Å². The maximum absolute atomic E-state index is 12.5.